The minimum Gasteiger partial charge on any atom is -0.388 e. The van der Waals surface area contributed by atoms with Crippen molar-refractivity contribution in [3.63, 3.8) is 0 Å². The molecule has 0 radical (unpaired) electrons. The van der Waals surface area contributed by atoms with E-state index in [9.17, 15) is 4.79 Å². The molecule has 0 unspecified atom stereocenters. The van der Waals surface area contributed by atoms with Crippen LogP contribution in [0.3, 0.4) is 0 Å². The van der Waals surface area contributed by atoms with Gasteiger partial charge in [-0.05, 0) is 24.1 Å². The van der Waals surface area contributed by atoms with Gasteiger partial charge in [0.15, 0.2) is 0 Å². The number of anilines is 2. The molecule has 0 saturated carbocycles. The first-order valence-corrected chi connectivity index (χ1v) is 4.38. The number of amides is 1. The zero-order chi connectivity index (χ0) is 9.26. The molecular formula is C10H12N2O. The quantitative estimate of drug-likeness (QED) is 0.688. The predicted molar refractivity (Wildman–Crippen MR) is 53.1 cm³/mol. The molecule has 13 heavy (non-hydrogen) atoms. The number of nitrogens with zero attached hydrogens (tertiary/aromatic N) is 1. The molecule has 1 aromatic carbocycles. The van der Waals surface area contributed by atoms with Crippen LogP contribution < -0.4 is 10.2 Å². The van der Waals surface area contributed by atoms with E-state index in [0.717, 1.165) is 30.8 Å². The summed E-state index contributed by atoms with van der Waals surface area (Å²) in [6.45, 7) is 0.812. The summed E-state index contributed by atoms with van der Waals surface area (Å²) in [5.41, 5.74) is 3.35. The van der Waals surface area contributed by atoms with E-state index in [-0.39, 0.29) is 0 Å². The van der Waals surface area contributed by atoms with Gasteiger partial charge in [0.1, 0.15) is 0 Å². The summed E-state index contributed by atoms with van der Waals surface area (Å²) in [5.74, 6) is 0. The molecule has 3 nitrogen and oxygen atoms in total. The number of carbonyl (C=O) groups is 1. The third-order valence-corrected chi connectivity index (χ3v) is 2.43. The highest BCUT2D eigenvalue weighted by molar-refractivity contribution is 5.81. The fourth-order valence-electron chi connectivity index (χ4n) is 1.67. The Morgan fingerprint density at radius 3 is 3.08 bits per heavy atom. The normalized spacial score (nSPS) is 14.1. The van der Waals surface area contributed by atoms with Gasteiger partial charge in [0, 0.05) is 25.0 Å². The number of fused-ring (bicyclic) bond motifs is 1. The van der Waals surface area contributed by atoms with E-state index < -0.39 is 0 Å². The van der Waals surface area contributed by atoms with Gasteiger partial charge < -0.3 is 10.2 Å². The Morgan fingerprint density at radius 2 is 2.38 bits per heavy atom. The van der Waals surface area contributed by atoms with Crippen LogP contribution in [0.1, 0.15) is 5.56 Å². The van der Waals surface area contributed by atoms with Crippen molar-refractivity contribution in [3.05, 3.63) is 23.8 Å². The number of carbonyl (C=O) groups excluding carboxylic acids is 1. The molecule has 0 saturated heterocycles. The molecule has 0 aliphatic carbocycles. The molecular weight excluding hydrogens is 164 g/mol. The smallest absolute Gasteiger partial charge is 0.214 e. The lowest BCUT2D eigenvalue weighted by atomic mass is 10.1. The van der Waals surface area contributed by atoms with Crippen molar-refractivity contribution in [1.82, 2.24) is 0 Å². The monoisotopic (exact) mass is 176 g/mol. The van der Waals surface area contributed by atoms with Crippen LogP contribution in [0.4, 0.5) is 11.4 Å². The summed E-state index contributed by atoms with van der Waals surface area (Å²) in [6.07, 6.45) is 1.86. The maximum Gasteiger partial charge on any atom is 0.214 e. The number of nitrogens with one attached hydrogen (secondary N) is 1. The number of hydrogen-bond donors (Lipinski definition) is 1. The second-order valence-corrected chi connectivity index (χ2v) is 3.14. The topological polar surface area (TPSA) is 32.3 Å². The second-order valence-electron chi connectivity index (χ2n) is 3.14. The second kappa shape index (κ2) is 3.09. The molecule has 0 spiro atoms. The van der Waals surface area contributed by atoms with Crippen molar-refractivity contribution in [2.45, 2.75) is 6.42 Å². The zero-order valence-electron chi connectivity index (χ0n) is 7.58. The Labute approximate surface area is 77.4 Å². The Kier molecular flexibility index (Phi) is 1.93. The fourth-order valence-corrected chi connectivity index (χ4v) is 1.67. The van der Waals surface area contributed by atoms with Gasteiger partial charge in [-0.2, -0.15) is 0 Å². The molecule has 1 aliphatic heterocycles. The van der Waals surface area contributed by atoms with Crippen LogP contribution in [0.25, 0.3) is 0 Å². The third-order valence-electron chi connectivity index (χ3n) is 2.43. The van der Waals surface area contributed by atoms with Crippen LogP contribution in [-0.2, 0) is 11.2 Å². The summed E-state index contributed by atoms with van der Waals surface area (Å²) >= 11 is 0. The van der Waals surface area contributed by atoms with Crippen molar-refractivity contribution in [2.75, 3.05) is 23.8 Å². The SMILES string of the molecule is CNc1ccc2c(c1)N(C=O)CC2. The maximum absolute atomic E-state index is 10.7. The Morgan fingerprint density at radius 1 is 1.54 bits per heavy atom. The van der Waals surface area contributed by atoms with Gasteiger partial charge in [0.2, 0.25) is 6.41 Å². The molecule has 1 amide bonds. The van der Waals surface area contributed by atoms with Crippen molar-refractivity contribution in [3.8, 4) is 0 Å². The standard InChI is InChI=1S/C10H12N2O/c1-11-9-3-2-8-4-5-12(7-13)10(8)6-9/h2-3,6-7,11H,4-5H2,1H3. The number of rotatable bonds is 2. The number of hydrogen-bond acceptors (Lipinski definition) is 2. The molecule has 68 valence electrons. The first-order chi connectivity index (χ1) is 6.35. The molecule has 3 heteroatoms. The Balaban J connectivity index is 2.42. The van der Waals surface area contributed by atoms with Crippen molar-refractivity contribution < 1.29 is 4.79 Å². The lowest BCUT2D eigenvalue weighted by Gasteiger charge is -2.11. The van der Waals surface area contributed by atoms with Crippen LogP contribution in [0.15, 0.2) is 18.2 Å². The van der Waals surface area contributed by atoms with Gasteiger partial charge >= 0.3 is 0 Å². The van der Waals surface area contributed by atoms with Gasteiger partial charge in [-0.15, -0.1) is 0 Å². The summed E-state index contributed by atoms with van der Waals surface area (Å²) in [5, 5.41) is 3.06. The van der Waals surface area contributed by atoms with Crippen molar-refractivity contribution >= 4 is 17.8 Å². The fraction of sp³-hybridized carbons (Fsp3) is 0.300. The molecule has 1 aliphatic rings. The highest BCUT2D eigenvalue weighted by atomic mass is 16.1. The van der Waals surface area contributed by atoms with Gasteiger partial charge in [0.05, 0.1) is 0 Å². The molecule has 1 heterocycles. The average Bonchev–Trinajstić information content (AvgIpc) is 2.59. The maximum atomic E-state index is 10.7. The van der Waals surface area contributed by atoms with E-state index in [1.165, 1.54) is 5.56 Å². The van der Waals surface area contributed by atoms with E-state index in [1.54, 1.807) is 4.90 Å². The van der Waals surface area contributed by atoms with E-state index >= 15 is 0 Å². The van der Waals surface area contributed by atoms with Crippen LogP contribution >= 0.6 is 0 Å². The number of benzene rings is 1. The third kappa shape index (κ3) is 1.26. The minimum absolute atomic E-state index is 0.812. The van der Waals surface area contributed by atoms with Gasteiger partial charge in [-0.25, -0.2) is 0 Å². The highest BCUT2D eigenvalue weighted by Crippen LogP contribution is 2.29. The summed E-state index contributed by atoms with van der Waals surface area (Å²) in [4.78, 5) is 12.4. The van der Waals surface area contributed by atoms with Crippen LogP contribution in [0.5, 0.6) is 0 Å². The van der Waals surface area contributed by atoms with Gasteiger partial charge in [-0.3, -0.25) is 4.79 Å². The largest absolute Gasteiger partial charge is 0.388 e. The first kappa shape index (κ1) is 8.10. The Hall–Kier alpha value is -1.51. The van der Waals surface area contributed by atoms with Crippen LogP contribution in [-0.4, -0.2) is 20.0 Å². The van der Waals surface area contributed by atoms with Crippen LogP contribution in [0.2, 0.25) is 0 Å². The molecule has 1 N–H and O–H groups in total. The lowest BCUT2D eigenvalue weighted by molar-refractivity contribution is -0.107. The molecule has 2 rings (SSSR count). The molecule has 0 bridgehead atoms. The molecule has 0 fully saturated rings. The van der Waals surface area contributed by atoms with E-state index in [4.69, 9.17) is 0 Å². The lowest BCUT2D eigenvalue weighted by Crippen LogP contribution is -2.17. The van der Waals surface area contributed by atoms with E-state index in [2.05, 4.69) is 11.4 Å². The molecule has 0 aromatic heterocycles. The molecule has 0 atom stereocenters. The Bertz CT molecular complexity index is 336. The molecule has 1 aromatic rings. The zero-order valence-corrected chi connectivity index (χ0v) is 7.58. The van der Waals surface area contributed by atoms with Crippen LogP contribution in [0, 0.1) is 0 Å². The van der Waals surface area contributed by atoms with E-state index in [1.807, 2.05) is 19.2 Å². The van der Waals surface area contributed by atoms with Gasteiger partial charge in [0.25, 0.3) is 0 Å². The summed E-state index contributed by atoms with van der Waals surface area (Å²) in [6, 6.07) is 6.12. The minimum atomic E-state index is 0.812. The first-order valence-electron chi connectivity index (χ1n) is 4.38. The summed E-state index contributed by atoms with van der Waals surface area (Å²) < 4.78 is 0. The average molecular weight is 176 g/mol. The predicted octanol–water partition coefficient (Wildman–Crippen LogP) is 1.25. The summed E-state index contributed by atoms with van der Waals surface area (Å²) in [7, 11) is 1.88. The van der Waals surface area contributed by atoms with Crippen molar-refractivity contribution in [1.29, 1.82) is 0 Å². The highest BCUT2D eigenvalue weighted by Gasteiger charge is 2.17. The van der Waals surface area contributed by atoms with Gasteiger partial charge in [-0.1, -0.05) is 6.07 Å². The van der Waals surface area contributed by atoms with E-state index in [0.29, 0.717) is 0 Å². The van der Waals surface area contributed by atoms with Crippen molar-refractivity contribution in [2.24, 2.45) is 0 Å².